The highest BCUT2D eigenvalue weighted by atomic mass is 32.2. The molecule has 2 rings (SSSR count). The van der Waals surface area contributed by atoms with E-state index in [1.165, 1.54) is 0 Å². The number of hydrogen-bond acceptors (Lipinski definition) is 3. The Bertz CT molecular complexity index is 436. The topological polar surface area (TPSA) is 35.2 Å². The van der Waals surface area contributed by atoms with Gasteiger partial charge in [0.1, 0.15) is 5.75 Å². The first-order valence-corrected chi connectivity index (χ1v) is 7.16. The average Bonchev–Trinajstić information content (AvgIpc) is 2.34. The van der Waals surface area contributed by atoms with Crippen LogP contribution in [-0.2, 0) is 6.42 Å². The second kappa shape index (κ2) is 6.05. The van der Waals surface area contributed by atoms with Crippen molar-refractivity contribution in [3.8, 4) is 5.75 Å². The van der Waals surface area contributed by atoms with Crippen LogP contribution in [0.5, 0.6) is 5.75 Å². The van der Waals surface area contributed by atoms with Gasteiger partial charge in [-0.3, -0.25) is 0 Å². The number of thioether (sulfide) groups is 1. The lowest BCUT2D eigenvalue weighted by atomic mass is 9.88. The molecular weight excluding hydrogens is 275 g/mol. The van der Waals surface area contributed by atoms with Gasteiger partial charge in [-0.1, -0.05) is 6.07 Å². The number of benzene rings is 1. The summed E-state index contributed by atoms with van der Waals surface area (Å²) in [5.41, 5.74) is 4.09. The number of hydrogen-bond donors (Lipinski definition) is 1. The molecule has 2 nitrogen and oxygen atoms in total. The molecule has 106 valence electrons. The van der Waals surface area contributed by atoms with Crippen molar-refractivity contribution in [1.82, 2.24) is 0 Å². The number of nitrogens with two attached hydrogens (primary N) is 1. The molecule has 6 heteroatoms. The zero-order chi connectivity index (χ0) is 13.9. The Kier molecular flexibility index (Phi) is 4.62. The van der Waals surface area contributed by atoms with Gasteiger partial charge in [0.25, 0.3) is 0 Å². The van der Waals surface area contributed by atoms with Gasteiger partial charge in [-0.05, 0) is 54.3 Å². The Morgan fingerprint density at radius 3 is 2.89 bits per heavy atom. The standard InChI is InChI=1S/C13H16F3NOS/c14-13(15,16)19-7-6-18-10-4-5-11-9(8-10)2-1-3-12(11)17/h4-5,8,12H,1-3,6-7,17H2. The lowest BCUT2D eigenvalue weighted by molar-refractivity contribution is -0.0329. The molecule has 2 N–H and O–H groups in total. The van der Waals surface area contributed by atoms with Crippen LogP contribution in [0.1, 0.15) is 30.0 Å². The second-order valence-electron chi connectivity index (χ2n) is 4.50. The van der Waals surface area contributed by atoms with Crippen LogP contribution in [0.4, 0.5) is 13.2 Å². The van der Waals surface area contributed by atoms with Crippen LogP contribution in [0, 0.1) is 0 Å². The molecule has 0 fully saturated rings. The third kappa shape index (κ3) is 4.31. The zero-order valence-electron chi connectivity index (χ0n) is 10.4. The number of rotatable bonds is 4. The Morgan fingerprint density at radius 2 is 2.16 bits per heavy atom. The van der Waals surface area contributed by atoms with E-state index >= 15 is 0 Å². The van der Waals surface area contributed by atoms with Crippen molar-refractivity contribution in [2.75, 3.05) is 12.4 Å². The molecule has 1 aliphatic carbocycles. The Hall–Kier alpha value is -0.880. The highest BCUT2D eigenvalue weighted by molar-refractivity contribution is 8.00. The molecule has 1 aromatic carbocycles. The van der Waals surface area contributed by atoms with E-state index in [1.54, 1.807) is 6.07 Å². The summed E-state index contributed by atoms with van der Waals surface area (Å²) in [6.07, 6.45) is 2.98. The van der Waals surface area contributed by atoms with Gasteiger partial charge in [-0.25, -0.2) is 0 Å². The minimum absolute atomic E-state index is 0.0506. The summed E-state index contributed by atoms with van der Waals surface area (Å²) in [7, 11) is 0. The molecule has 1 aliphatic rings. The van der Waals surface area contributed by atoms with Gasteiger partial charge in [0.05, 0.1) is 6.61 Å². The van der Waals surface area contributed by atoms with Crippen LogP contribution in [0.25, 0.3) is 0 Å². The molecule has 0 spiro atoms. The van der Waals surface area contributed by atoms with Gasteiger partial charge < -0.3 is 10.5 Å². The molecular formula is C13H16F3NOS. The van der Waals surface area contributed by atoms with E-state index < -0.39 is 5.51 Å². The molecule has 0 heterocycles. The summed E-state index contributed by atoms with van der Waals surface area (Å²) in [5.74, 6) is 0.524. The van der Waals surface area contributed by atoms with Crippen molar-refractivity contribution in [3.63, 3.8) is 0 Å². The third-order valence-electron chi connectivity index (χ3n) is 3.09. The van der Waals surface area contributed by atoms with E-state index in [0.29, 0.717) is 5.75 Å². The summed E-state index contributed by atoms with van der Waals surface area (Å²) in [6, 6.07) is 5.67. The van der Waals surface area contributed by atoms with Crippen molar-refractivity contribution < 1.29 is 17.9 Å². The Labute approximate surface area is 114 Å². The van der Waals surface area contributed by atoms with E-state index in [1.807, 2.05) is 12.1 Å². The average molecular weight is 291 g/mol. The van der Waals surface area contributed by atoms with Gasteiger partial charge in [-0.2, -0.15) is 13.2 Å². The molecule has 0 radical (unpaired) electrons. The minimum Gasteiger partial charge on any atom is -0.493 e. The number of halogens is 3. The molecule has 1 unspecified atom stereocenters. The third-order valence-corrected chi connectivity index (χ3v) is 3.79. The number of aryl methyl sites for hydroxylation is 1. The fraction of sp³-hybridized carbons (Fsp3) is 0.538. The first kappa shape index (κ1) is 14.5. The van der Waals surface area contributed by atoms with Crippen LogP contribution in [0.2, 0.25) is 0 Å². The normalized spacial score (nSPS) is 19.1. The molecule has 0 aliphatic heterocycles. The maximum atomic E-state index is 11.9. The van der Waals surface area contributed by atoms with E-state index in [9.17, 15) is 13.2 Å². The summed E-state index contributed by atoms with van der Waals surface area (Å²) < 4.78 is 41.2. The Morgan fingerprint density at radius 1 is 1.37 bits per heavy atom. The van der Waals surface area contributed by atoms with Crippen molar-refractivity contribution in [3.05, 3.63) is 29.3 Å². The predicted molar refractivity (Wildman–Crippen MR) is 70.3 cm³/mol. The zero-order valence-corrected chi connectivity index (χ0v) is 11.2. The van der Waals surface area contributed by atoms with E-state index in [0.717, 1.165) is 30.4 Å². The highest BCUT2D eigenvalue weighted by Crippen LogP contribution is 2.32. The molecule has 0 aromatic heterocycles. The van der Waals surface area contributed by atoms with Crippen molar-refractivity contribution in [1.29, 1.82) is 0 Å². The molecule has 0 amide bonds. The van der Waals surface area contributed by atoms with E-state index in [4.69, 9.17) is 10.5 Å². The summed E-state index contributed by atoms with van der Waals surface area (Å²) in [4.78, 5) is 0. The van der Waals surface area contributed by atoms with Crippen molar-refractivity contribution in [2.45, 2.75) is 30.8 Å². The SMILES string of the molecule is NC1CCCc2cc(OCCSC(F)(F)F)ccc21. The Balaban J connectivity index is 1.88. The van der Waals surface area contributed by atoms with E-state index in [2.05, 4.69) is 0 Å². The predicted octanol–water partition coefficient (Wildman–Crippen LogP) is 3.65. The van der Waals surface area contributed by atoms with Crippen LogP contribution in [0.3, 0.4) is 0 Å². The molecule has 1 aromatic rings. The lowest BCUT2D eigenvalue weighted by Gasteiger charge is -2.22. The van der Waals surface area contributed by atoms with Crippen LogP contribution < -0.4 is 10.5 Å². The largest absolute Gasteiger partial charge is 0.493 e. The molecule has 0 bridgehead atoms. The maximum absolute atomic E-state index is 11.9. The number of ether oxygens (including phenoxy) is 1. The van der Waals surface area contributed by atoms with Crippen molar-refractivity contribution >= 4 is 11.8 Å². The second-order valence-corrected chi connectivity index (χ2v) is 5.66. The fourth-order valence-electron chi connectivity index (χ4n) is 2.23. The molecule has 0 saturated heterocycles. The van der Waals surface area contributed by atoms with Gasteiger partial charge >= 0.3 is 5.51 Å². The maximum Gasteiger partial charge on any atom is 0.441 e. The summed E-state index contributed by atoms with van der Waals surface area (Å²) in [5, 5.41) is 0. The first-order chi connectivity index (χ1) is 8.96. The van der Waals surface area contributed by atoms with Gasteiger partial charge in [-0.15, -0.1) is 0 Å². The van der Waals surface area contributed by atoms with E-state index in [-0.39, 0.29) is 30.2 Å². The van der Waals surface area contributed by atoms with Crippen molar-refractivity contribution in [2.24, 2.45) is 5.73 Å². The first-order valence-electron chi connectivity index (χ1n) is 6.17. The highest BCUT2D eigenvalue weighted by Gasteiger charge is 2.27. The minimum atomic E-state index is -4.19. The molecule has 1 atom stereocenters. The quantitative estimate of drug-likeness (QED) is 0.860. The monoisotopic (exact) mass is 291 g/mol. The smallest absolute Gasteiger partial charge is 0.441 e. The van der Waals surface area contributed by atoms with Gasteiger partial charge in [0.2, 0.25) is 0 Å². The lowest BCUT2D eigenvalue weighted by Crippen LogP contribution is -2.17. The summed E-state index contributed by atoms with van der Waals surface area (Å²) >= 11 is -0.0630. The van der Waals surface area contributed by atoms with Crippen LogP contribution >= 0.6 is 11.8 Å². The van der Waals surface area contributed by atoms with Crippen LogP contribution in [-0.4, -0.2) is 17.9 Å². The number of fused-ring (bicyclic) bond motifs is 1. The van der Waals surface area contributed by atoms with Crippen LogP contribution in [0.15, 0.2) is 18.2 Å². The molecule has 19 heavy (non-hydrogen) atoms. The van der Waals surface area contributed by atoms with Gasteiger partial charge in [0, 0.05) is 11.8 Å². The van der Waals surface area contributed by atoms with Gasteiger partial charge in [0.15, 0.2) is 0 Å². The fourth-order valence-corrected chi connectivity index (χ4v) is 2.63. The molecule has 0 saturated carbocycles. The summed E-state index contributed by atoms with van der Waals surface area (Å²) in [6.45, 7) is 0.0506. The number of alkyl halides is 3.